The van der Waals surface area contributed by atoms with Crippen molar-refractivity contribution < 1.29 is 19.1 Å². The van der Waals surface area contributed by atoms with Crippen LogP contribution in [-0.2, 0) is 14.3 Å². The van der Waals surface area contributed by atoms with Gasteiger partial charge in [0.25, 0.3) is 5.91 Å². The number of rotatable bonds is 6. The first-order valence-electron chi connectivity index (χ1n) is 5.80. The van der Waals surface area contributed by atoms with E-state index in [1.54, 1.807) is 37.5 Å². The Balaban J connectivity index is 2.58. The fourth-order valence-corrected chi connectivity index (χ4v) is 1.35. The molecule has 0 bridgehead atoms. The fraction of sp³-hybridized carbons (Fsp3) is 0.286. The maximum atomic E-state index is 11.7. The number of benzene rings is 1. The molecule has 0 saturated heterocycles. The lowest BCUT2D eigenvalue weighted by Gasteiger charge is -2.04. The maximum absolute atomic E-state index is 11.7. The molecular formula is C14H17NO4. The zero-order chi connectivity index (χ0) is 14.1. The average molecular weight is 263 g/mol. The number of ether oxygens (including phenoxy) is 2. The second-order valence-corrected chi connectivity index (χ2v) is 3.73. The molecule has 0 aliphatic rings. The van der Waals surface area contributed by atoms with E-state index >= 15 is 0 Å². The van der Waals surface area contributed by atoms with E-state index in [-0.39, 0.29) is 5.91 Å². The van der Waals surface area contributed by atoms with Crippen LogP contribution in [0, 0.1) is 0 Å². The van der Waals surface area contributed by atoms with Crippen LogP contribution in [-0.4, -0.2) is 39.2 Å². The third kappa shape index (κ3) is 5.35. The summed E-state index contributed by atoms with van der Waals surface area (Å²) in [5.74, 6) is -0.568. The highest BCUT2D eigenvalue weighted by Crippen LogP contribution is 2.06. The minimum absolute atomic E-state index is 0.152. The van der Waals surface area contributed by atoms with E-state index in [4.69, 9.17) is 4.74 Å². The van der Waals surface area contributed by atoms with E-state index < -0.39 is 5.97 Å². The van der Waals surface area contributed by atoms with Crippen molar-refractivity contribution in [2.24, 2.45) is 0 Å². The third-order valence-corrected chi connectivity index (χ3v) is 2.38. The minimum Gasteiger partial charge on any atom is -0.466 e. The Labute approximate surface area is 112 Å². The van der Waals surface area contributed by atoms with E-state index in [0.717, 1.165) is 5.56 Å². The van der Waals surface area contributed by atoms with Gasteiger partial charge in [0, 0.05) is 25.3 Å². The second-order valence-electron chi connectivity index (χ2n) is 3.73. The molecule has 0 fully saturated rings. The van der Waals surface area contributed by atoms with Crippen molar-refractivity contribution in [3.63, 3.8) is 0 Å². The number of carbonyl (C=O) groups is 2. The van der Waals surface area contributed by atoms with Crippen LogP contribution >= 0.6 is 0 Å². The Bertz CT molecular complexity index is 451. The summed E-state index contributed by atoms with van der Waals surface area (Å²) in [6.07, 6.45) is 2.95. The zero-order valence-electron chi connectivity index (χ0n) is 11.0. The summed E-state index contributed by atoms with van der Waals surface area (Å²) in [5, 5.41) is 2.72. The quantitative estimate of drug-likeness (QED) is 0.476. The first-order chi connectivity index (χ1) is 9.17. The SMILES string of the molecule is COCCNC(=O)c1ccc(/C=C/C(=O)OC)cc1. The average Bonchev–Trinajstić information content (AvgIpc) is 2.45. The second kappa shape index (κ2) is 8.05. The summed E-state index contributed by atoms with van der Waals surface area (Å²) in [6.45, 7) is 0.949. The van der Waals surface area contributed by atoms with Crippen LogP contribution in [0.15, 0.2) is 30.3 Å². The molecule has 0 heterocycles. The van der Waals surface area contributed by atoms with Crippen molar-refractivity contribution in [2.75, 3.05) is 27.4 Å². The summed E-state index contributed by atoms with van der Waals surface area (Å²) in [6, 6.07) is 6.90. The van der Waals surface area contributed by atoms with Gasteiger partial charge in [-0.2, -0.15) is 0 Å². The Morgan fingerprint density at radius 3 is 2.47 bits per heavy atom. The minimum atomic E-state index is -0.415. The fourth-order valence-electron chi connectivity index (χ4n) is 1.35. The molecule has 0 aliphatic heterocycles. The Morgan fingerprint density at radius 2 is 1.89 bits per heavy atom. The molecule has 0 radical (unpaired) electrons. The summed E-state index contributed by atoms with van der Waals surface area (Å²) in [5.41, 5.74) is 1.38. The van der Waals surface area contributed by atoms with Gasteiger partial charge >= 0.3 is 5.97 Å². The maximum Gasteiger partial charge on any atom is 0.330 e. The first-order valence-corrected chi connectivity index (χ1v) is 5.80. The number of carbonyl (C=O) groups excluding carboxylic acids is 2. The highest BCUT2D eigenvalue weighted by Gasteiger charge is 2.03. The molecule has 1 rings (SSSR count). The number of methoxy groups -OCH3 is 2. The lowest BCUT2D eigenvalue weighted by molar-refractivity contribution is -0.134. The smallest absolute Gasteiger partial charge is 0.330 e. The Kier molecular flexibility index (Phi) is 6.32. The highest BCUT2D eigenvalue weighted by molar-refractivity contribution is 5.94. The van der Waals surface area contributed by atoms with E-state index in [9.17, 15) is 9.59 Å². The third-order valence-electron chi connectivity index (χ3n) is 2.38. The van der Waals surface area contributed by atoms with Gasteiger partial charge in [0.1, 0.15) is 0 Å². The Hall–Kier alpha value is -2.14. The van der Waals surface area contributed by atoms with Gasteiger partial charge in [-0.15, -0.1) is 0 Å². The summed E-state index contributed by atoms with van der Waals surface area (Å²) < 4.78 is 9.33. The molecular weight excluding hydrogens is 246 g/mol. The molecule has 1 aromatic rings. The standard InChI is InChI=1S/C14H17NO4/c1-18-10-9-15-14(17)12-6-3-11(4-7-12)5-8-13(16)19-2/h3-8H,9-10H2,1-2H3,(H,15,17)/b8-5+. The van der Waals surface area contributed by atoms with Crippen molar-refractivity contribution in [3.8, 4) is 0 Å². The van der Waals surface area contributed by atoms with Crippen LogP contribution in [0.5, 0.6) is 0 Å². The highest BCUT2D eigenvalue weighted by atomic mass is 16.5. The largest absolute Gasteiger partial charge is 0.466 e. The van der Waals surface area contributed by atoms with Crippen molar-refractivity contribution in [3.05, 3.63) is 41.5 Å². The van der Waals surface area contributed by atoms with Gasteiger partial charge in [-0.1, -0.05) is 12.1 Å². The van der Waals surface area contributed by atoms with Gasteiger partial charge in [0.15, 0.2) is 0 Å². The van der Waals surface area contributed by atoms with Gasteiger partial charge in [-0.05, 0) is 23.8 Å². The van der Waals surface area contributed by atoms with Crippen molar-refractivity contribution in [1.82, 2.24) is 5.32 Å². The predicted molar refractivity (Wildman–Crippen MR) is 71.7 cm³/mol. The van der Waals surface area contributed by atoms with Crippen LogP contribution in [0.2, 0.25) is 0 Å². The van der Waals surface area contributed by atoms with Crippen LogP contribution in [0.4, 0.5) is 0 Å². The molecule has 1 N–H and O–H groups in total. The monoisotopic (exact) mass is 263 g/mol. The summed E-state index contributed by atoms with van der Waals surface area (Å²) in [7, 11) is 2.90. The molecule has 0 atom stereocenters. The first kappa shape index (κ1) is 14.9. The molecule has 19 heavy (non-hydrogen) atoms. The normalized spacial score (nSPS) is 10.4. The van der Waals surface area contributed by atoms with Crippen LogP contribution in [0.25, 0.3) is 6.08 Å². The van der Waals surface area contributed by atoms with Crippen molar-refractivity contribution >= 4 is 18.0 Å². The van der Waals surface area contributed by atoms with E-state index in [1.165, 1.54) is 13.2 Å². The van der Waals surface area contributed by atoms with Crippen LogP contribution < -0.4 is 5.32 Å². The van der Waals surface area contributed by atoms with E-state index in [1.807, 2.05) is 0 Å². The molecule has 0 unspecified atom stereocenters. The lowest BCUT2D eigenvalue weighted by atomic mass is 10.1. The van der Waals surface area contributed by atoms with Crippen LogP contribution in [0.1, 0.15) is 15.9 Å². The molecule has 1 aromatic carbocycles. The van der Waals surface area contributed by atoms with Gasteiger partial charge in [0.05, 0.1) is 13.7 Å². The number of esters is 1. The number of nitrogens with one attached hydrogen (secondary N) is 1. The van der Waals surface area contributed by atoms with Gasteiger partial charge in [-0.3, -0.25) is 4.79 Å². The molecule has 1 amide bonds. The molecule has 0 aromatic heterocycles. The van der Waals surface area contributed by atoms with Gasteiger partial charge in [-0.25, -0.2) is 4.79 Å². The van der Waals surface area contributed by atoms with Gasteiger partial charge in [0.2, 0.25) is 0 Å². The van der Waals surface area contributed by atoms with Crippen molar-refractivity contribution in [1.29, 1.82) is 0 Å². The molecule has 0 aliphatic carbocycles. The lowest BCUT2D eigenvalue weighted by Crippen LogP contribution is -2.26. The topological polar surface area (TPSA) is 64.6 Å². The van der Waals surface area contributed by atoms with E-state index in [0.29, 0.717) is 18.7 Å². The summed E-state index contributed by atoms with van der Waals surface area (Å²) in [4.78, 5) is 22.6. The number of amides is 1. The van der Waals surface area contributed by atoms with Crippen LogP contribution in [0.3, 0.4) is 0 Å². The number of hydrogen-bond acceptors (Lipinski definition) is 4. The van der Waals surface area contributed by atoms with Gasteiger partial charge < -0.3 is 14.8 Å². The summed E-state index contributed by atoms with van der Waals surface area (Å²) >= 11 is 0. The zero-order valence-corrected chi connectivity index (χ0v) is 11.0. The predicted octanol–water partition coefficient (Wildman–Crippen LogP) is 1.25. The molecule has 0 spiro atoms. The van der Waals surface area contributed by atoms with E-state index in [2.05, 4.69) is 10.1 Å². The molecule has 5 nitrogen and oxygen atoms in total. The molecule has 0 saturated carbocycles. The molecule has 5 heteroatoms. The Morgan fingerprint density at radius 1 is 1.21 bits per heavy atom. The van der Waals surface area contributed by atoms with Crippen molar-refractivity contribution in [2.45, 2.75) is 0 Å². The number of hydrogen-bond donors (Lipinski definition) is 1. The molecule has 102 valence electrons.